The molecule has 0 spiro atoms. The molecule has 1 heterocycles. The van der Waals surface area contributed by atoms with Crippen LogP contribution < -0.4 is 17.1 Å². The minimum atomic E-state index is -0.749. The highest BCUT2D eigenvalue weighted by Gasteiger charge is 2.16. The lowest BCUT2D eigenvalue weighted by atomic mass is 10.2. The van der Waals surface area contributed by atoms with Gasteiger partial charge < -0.3 is 0 Å². The van der Waals surface area contributed by atoms with E-state index < -0.39 is 17.1 Å². The molecule has 1 rings (SSSR count). The van der Waals surface area contributed by atoms with Crippen molar-refractivity contribution in [1.29, 1.82) is 0 Å². The van der Waals surface area contributed by atoms with Crippen LogP contribution in [0.4, 0.5) is 0 Å². The van der Waals surface area contributed by atoms with Crippen LogP contribution in [0.1, 0.15) is 40.5 Å². The summed E-state index contributed by atoms with van der Waals surface area (Å²) >= 11 is 0. The third kappa shape index (κ3) is 3.77. The molecule has 0 fully saturated rings. The molecule has 0 aliphatic rings. The third-order valence-corrected chi connectivity index (χ3v) is 3.37. The number of allylic oxidation sites excluding steroid dienone is 6. The first-order chi connectivity index (χ1) is 10.8. The van der Waals surface area contributed by atoms with Gasteiger partial charge in [0.1, 0.15) is 0 Å². The van der Waals surface area contributed by atoms with E-state index in [9.17, 15) is 14.4 Å². The summed E-state index contributed by atoms with van der Waals surface area (Å²) in [4.78, 5) is 39.4. The van der Waals surface area contributed by atoms with E-state index in [0.717, 1.165) is 20.3 Å². The third-order valence-electron chi connectivity index (χ3n) is 3.37. The molecule has 0 radical (unpaired) electrons. The predicted octanol–water partition coefficient (Wildman–Crippen LogP) is 2.35. The van der Waals surface area contributed by atoms with Crippen molar-refractivity contribution in [3.05, 3.63) is 67.9 Å². The van der Waals surface area contributed by atoms with Gasteiger partial charge in [-0.05, 0) is 27.7 Å². The van der Waals surface area contributed by atoms with E-state index in [0.29, 0.717) is 24.2 Å². The summed E-state index contributed by atoms with van der Waals surface area (Å²) in [7, 11) is 0. The standard InChI is InChI=1S/C17H23N3O3/c1-7-9-13(11(3)4)19-15(21)18-16(22)20(17(19)23)14(10-8-2)12(5)6/h7-8H,1-2,9-10H2,3-6H3,(H,18,21,22). The number of hydrogen-bond acceptors (Lipinski definition) is 3. The summed E-state index contributed by atoms with van der Waals surface area (Å²) in [5, 5.41) is 0. The fourth-order valence-electron chi connectivity index (χ4n) is 2.26. The van der Waals surface area contributed by atoms with Crippen molar-refractivity contribution in [3.8, 4) is 0 Å². The molecule has 0 amide bonds. The van der Waals surface area contributed by atoms with Gasteiger partial charge in [-0.25, -0.2) is 23.5 Å². The van der Waals surface area contributed by atoms with E-state index in [2.05, 4.69) is 18.1 Å². The van der Waals surface area contributed by atoms with Gasteiger partial charge in [0.05, 0.1) is 0 Å². The van der Waals surface area contributed by atoms with Crippen LogP contribution in [0.15, 0.2) is 50.8 Å². The van der Waals surface area contributed by atoms with Gasteiger partial charge in [-0.15, -0.1) is 13.2 Å². The molecule has 6 heteroatoms. The maximum absolute atomic E-state index is 12.8. The summed E-state index contributed by atoms with van der Waals surface area (Å²) in [6, 6.07) is 0. The molecule has 0 saturated heterocycles. The molecule has 1 aromatic rings. The summed E-state index contributed by atoms with van der Waals surface area (Å²) in [6.07, 6.45) is 3.90. The van der Waals surface area contributed by atoms with Crippen molar-refractivity contribution in [3.63, 3.8) is 0 Å². The monoisotopic (exact) mass is 317 g/mol. The molecule has 0 atom stereocenters. The summed E-state index contributed by atoms with van der Waals surface area (Å²) in [5.74, 6) is 0. The first-order valence-electron chi connectivity index (χ1n) is 7.29. The zero-order chi connectivity index (χ0) is 17.7. The lowest BCUT2D eigenvalue weighted by Crippen LogP contribution is -2.49. The Morgan fingerprint density at radius 3 is 1.48 bits per heavy atom. The molecule has 124 valence electrons. The fraction of sp³-hybridized carbons (Fsp3) is 0.353. The van der Waals surface area contributed by atoms with E-state index in [1.807, 2.05) is 0 Å². The lowest BCUT2D eigenvalue weighted by Gasteiger charge is -2.15. The second kappa shape index (κ2) is 7.58. The van der Waals surface area contributed by atoms with E-state index in [-0.39, 0.29) is 0 Å². The van der Waals surface area contributed by atoms with Gasteiger partial charge in [-0.3, -0.25) is 4.98 Å². The van der Waals surface area contributed by atoms with Crippen molar-refractivity contribution >= 4 is 11.4 Å². The number of H-pyrrole nitrogens is 1. The Labute approximate surface area is 134 Å². The van der Waals surface area contributed by atoms with Gasteiger partial charge in [-0.2, -0.15) is 0 Å². The average Bonchev–Trinajstić information content (AvgIpc) is 2.44. The van der Waals surface area contributed by atoms with Crippen LogP contribution in [-0.4, -0.2) is 14.1 Å². The molecular formula is C17H23N3O3. The van der Waals surface area contributed by atoms with Crippen LogP contribution in [0.5, 0.6) is 0 Å². The highest BCUT2D eigenvalue weighted by molar-refractivity contribution is 5.53. The van der Waals surface area contributed by atoms with Gasteiger partial charge in [0.25, 0.3) is 0 Å². The maximum Gasteiger partial charge on any atom is 0.345 e. The topological polar surface area (TPSA) is 76.9 Å². The number of nitrogens with zero attached hydrogens (tertiary/aromatic N) is 2. The van der Waals surface area contributed by atoms with Gasteiger partial charge >= 0.3 is 17.1 Å². The van der Waals surface area contributed by atoms with Gasteiger partial charge in [0.2, 0.25) is 0 Å². The second-order valence-electron chi connectivity index (χ2n) is 5.57. The Balaban J connectivity index is 3.94. The molecule has 0 aromatic carbocycles. The van der Waals surface area contributed by atoms with Crippen LogP contribution in [0.25, 0.3) is 11.4 Å². The van der Waals surface area contributed by atoms with E-state index in [1.54, 1.807) is 39.8 Å². The van der Waals surface area contributed by atoms with Crippen molar-refractivity contribution in [2.24, 2.45) is 0 Å². The minimum absolute atomic E-state index is 0.342. The molecule has 0 unspecified atom stereocenters. The van der Waals surface area contributed by atoms with Crippen molar-refractivity contribution in [2.75, 3.05) is 0 Å². The smallest absolute Gasteiger partial charge is 0.258 e. The number of nitrogens with one attached hydrogen (secondary N) is 1. The molecule has 0 bridgehead atoms. The summed E-state index contributed by atoms with van der Waals surface area (Å²) in [5.41, 5.74) is 0.422. The lowest BCUT2D eigenvalue weighted by molar-refractivity contribution is 0.712. The SMILES string of the molecule is C=CCC(=C(C)C)n1c(=O)[nH]c(=O)n(C(CC=C)=C(C)C)c1=O. The number of aromatic amines is 1. The molecule has 0 aliphatic heterocycles. The van der Waals surface area contributed by atoms with Crippen LogP contribution in [0.2, 0.25) is 0 Å². The van der Waals surface area contributed by atoms with Gasteiger partial charge in [0, 0.05) is 24.2 Å². The van der Waals surface area contributed by atoms with Crippen LogP contribution in [-0.2, 0) is 0 Å². The largest absolute Gasteiger partial charge is 0.345 e. The van der Waals surface area contributed by atoms with Crippen molar-refractivity contribution in [1.82, 2.24) is 14.1 Å². The van der Waals surface area contributed by atoms with E-state index >= 15 is 0 Å². The summed E-state index contributed by atoms with van der Waals surface area (Å²) < 4.78 is 1.98. The zero-order valence-corrected chi connectivity index (χ0v) is 14.1. The Kier molecular flexibility index (Phi) is 6.07. The van der Waals surface area contributed by atoms with Crippen molar-refractivity contribution in [2.45, 2.75) is 40.5 Å². The molecule has 0 saturated carbocycles. The maximum atomic E-state index is 12.8. The summed E-state index contributed by atoms with van der Waals surface area (Å²) in [6.45, 7) is 14.5. The normalized spacial score (nSPS) is 10.1. The highest BCUT2D eigenvalue weighted by atomic mass is 16.2. The van der Waals surface area contributed by atoms with E-state index in [1.165, 1.54) is 0 Å². The first-order valence-corrected chi connectivity index (χ1v) is 7.29. The van der Waals surface area contributed by atoms with Crippen LogP contribution >= 0.6 is 0 Å². The molecule has 0 aliphatic carbocycles. The Morgan fingerprint density at radius 2 is 1.22 bits per heavy atom. The van der Waals surface area contributed by atoms with Crippen LogP contribution in [0.3, 0.4) is 0 Å². The number of rotatable bonds is 6. The Bertz CT molecular complexity index is 785. The molecule has 1 N–H and O–H groups in total. The molecule has 23 heavy (non-hydrogen) atoms. The molecule has 6 nitrogen and oxygen atoms in total. The van der Waals surface area contributed by atoms with E-state index in [4.69, 9.17) is 0 Å². The molecular weight excluding hydrogens is 294 g/mol. The number of aromatic nitrogens is 3. The van der Waals surface area contributed by atoms with Gasteiger partial charge in [-0.1, -0.05) is 23.3 Å². The highest BCUT2D eigenvalue weighted by Crippen LogP contribution is 2.13. The Hall–Kier alpha value is -2.63. The number of hydrogen-bond donors (Lipinski definition) is 1. The second-order valence-corrected chi connectivity index (χ2v) is 5.57. The molecule has 1 aromatic heterocycles. The fourth-order valence-corrected chi connectivity index (χ4v) is 2.26. The zero-order valence-electron chi connectivity index (χ0n) is 14.1. The first kappa shape index (κ1) is 18.4. The average molecular weight is 317 g/mol. The quantitative estimate of drug-likeness (QED) is 0.818. The minimum Gasteiger partial charge on any atom is -0.258 e. The predicted molar refractivity (Wildman–Crippen MR) is 94.3 cm³/mol. The van der Waals surface area contributed by atoms with Gasteiger partial charge in [0.15, 0.2) is 0 Å². The van der Waals surface area contributed by atoms with Crippen LogP contribution in [0, 0.1) is 0 Å². The van der Waals surface area contributed by atoms with Crippen molar-refractivity contribution < 1.29 is 0 Å². The Morgan fingerprint density at radius 1 is 0.870 bits per heavy atom.